The van der Waals surface area contributed by atoms with E-state index in [0.29, 0.717) is 12.1 Å². The second-order valence-electron chi connectivity index (χ2n) is 7.81. The minimum absolute atomic E-state index is 0.0245. The van der Waals surface area contributed by atoms with Crippen LogP contribution in [0.15, 0.2) is 61.2 Å². The van der Waals surface area contributed by atoms with Crippen molar-refractivity contribution in [2.75, 3.05) is 19.6 Å². The van der Waals surface area contributed by atoms with Crippen molar-refractivity contribution < 1.29 is 9.90 Å². The number of carbonyl (C=O) groups excluding carboxylic acids is 1. The van der Waals surface area contributed by atoms with Gasteiger partial charge in [-0.15, -0.1) is 6.58 Å². The molecule has 0 saturated carbocycles. The van der Waals surface area contributed by atoms with E-state index in [1.165, 1.54) is 0 Å². The maximum atomic E-state index is 11.7. The Balaban J connectivity index is 1.99. The molecule has 4 nitrogen and oxygen atoms in total. The Morgan fingerprint density at radius 2 is 1.86 bits per heavy atom. The van der Waals surface area contributed by atoms with Crippen LogP contribution in [0.5, 0.6) is 5.75 Å². The molecule has 4 heteroatoms. The molecule has 28 heavy (non-hydrogen) atoms. The normalized spacial score (nSPS) is 22.0. The molecule has 2 aromatic rings. The van der Waals surface area contributed by atoms with Crippen molar-refractivity contribution in [3.63, 3.8) is 0 Å². The quantitative estimate of drug-likeness (QED) is 0.602. The standard InChI is InChI=1S/C24H30N2O2/c1-5-13-25-15-18(3)26(16-17(25)2)24(22-7-6-8-23(28)14-22)21-11-9-20(10-12-21)19(4)27/h5-12,14,17-18,24,28H,1,13,15-16H2,2-4H3/t17-,18+,24-/m1/s1. The van der Waals surface area contributed by atoms with E-state index in [0.717, 1.165) is 36.3 Å². The first-order chi connectivity index (χ1) is 13.4. The number of piperazine rings is 1. The van der Waals surface area contributed by atoms with Crippen LogP contribution in [0.25, 0.3) is 0 Å². The van der Waals surface area contributed by atoms with Crippen LogP contribution in [0.1, 0.15) is 48.3 Å². The lowest BCUT2D eigenvalue weighted by Crippen LogP contribution is -2.57. The van der Waals surface area contributed by atoms with Gasteiger partial charge in [-0.3, -0.25) is 14.6 Å². The number of aromatic hydroxyl groups is 1. The highest BCUT2D eigenvalue weighted by Gasteiger charge is 2.34. The number of hydrogen-bond donors (Lipinski definition) is 1. The van der Waals surface area contributed by atoms with Gasteiger partial charge in [0.1, 0.15) is 5.75 Å². The summed E-state index contributed by atoms with van der Waals surface area (Å²) >= 11 is 0. The van der Waals surface area contributed by atoms with Gasteiger partial charge in [-0.25, -0.2) is 0 Å². The Labute approximate surface area is 168 Å². The fraction of sp³-hybridized carbons (Fsp3) is 0.375. The minimum Gasteiger partial charge on any atom is -0.508 e. The van der Waals surface area contributed by atoms with Gasteiger partial charge >= 0.3 is 0 Å². The summed E-state index contributed by atoms with van der Waals surface area (Å²) in [5, 5.41) is 10.1. The van der Waals surface area contributed by atoms with Crippen molar-refractivity contribution in [2.24, 2.45) is 0 Å². The van der Waals surface area contributed by atoms with E-state index in [2.05, 4.69) is 36.3 Å². The third kappa shape index (κ3) is 4.34. The summed E-state index contributed by atoms with van der Waals surface area (Å²) in [6, 6.07) is 16.2. The lowest BCUT2D eigenvalue weighted by molar-refractivity contribution is 0.0306. The molecule has 1 saturated heterocycles. The first kappa shape index (κ1) is 20.3. The number of Topliss-reactive ketones (excluding diaryl/α,β-unsaturated/α-hetero) is 1. The second kappa shape index (κ2) is 8.72. The largest absolute Gasteiger partial charge is 0.508 e. The SMILES string of the molecule is C=CCN1C[C@H](C)N([C@H](c2ccc(C(C)=O)cc2)c2cccc(O)c2)C[C@H]1C. The molecule has 0 amide bonds. The number of benzene rings is 2. The molecule has 3 atom stereocenters. The van der Waals surface area contributed by atoms with Gasteiger partial charge < -0.3 is 5.11 Å². The number of hydrogen-bond acceptors (Lipinski definition) is 4. The second-order valence-corrected chi connectivity index (χ2v) is 7.81. The van der Waals surface area contributed by atoms with Gasteiger partial charge in [0.05, 0.1) is 6.04 Å². The lowest BCUT2D eigenvalue weighted by atomic mass is 9.92. The van der Waals surface area contributed by atoms with Crippen molar-refractivity contribution in [3.05, 3.63) is 77.9 Å². The zero-order valence-electron chi connectivity index (χ0n) is 17.0. The molecular weight excluding hydrogens is 348 g/mol. The fourth-order valence-corrected chi connectivity index (χ4v) is 4.18. The molecule has 1 heterocycles. The summed E-state index contributed by atoms with van der Waals surface area (Å²) in [5.41, 5.74) is 2.91. The van der Waals surface area contributed by atoms with Crippen LogP contribution < -0.4 is 0 Å². The lowest BCUT2D eigenvalue weighted by Gasteiger charge is -2.47. The van der Waals surface area contributed by atoms with Crippen LogP contribution >= 0.6 is 0 Å². The molecule has 3 rings (SSSR count). The molecular formula is C24H30N2O2. The molecule has 0 spiro atoms. The molecule has 0 unspecified atom stereocenters. The van der Waals surface area contributed by atoms with Gasteiger partial charge in [-0.05, 0) is 44.0 Å². The van der Waals surface area contributed by atoms with Crippen molar-refractivity contribution >= 4 is 5.78 Å². The topological polar surface area (TPSA) is 43.8 Å². The zero-order valence-corrected chi connectivity index (χ0v) is 17.0. The number of carbonyl (C=O) groups is 1. The summed E-state index contributed by atoms with van der Waals surface area (Å²) < 4.78 is 0. The number of rotatable bonds is 6. The average molecular weight is 379 g/mol. The van der Waals surface area contributed by atoms with Crippen LogP contribution in [0.3, 0.4) is 0 Å². The van der Waals surface area contributed by atoms with Crippen LogP contribution in [0.2, 0.25) is 0 Å². The Kier molecular flexibility index (Phi) is 6.32. The summed E-state index contributed by atoms with van der Waals surface area (Å²) in [6.45, 7) is 12.8. The molecule has 1 N–H and O–H groups in total. The van der Waals surface area contributed by atoms with E-state index in [1.807, 2.05) is 42.5 Å². The van der Waals surface area contributed by atoms with Gasteiger partial charge in [-0.2, -0.15) is 0 Å². The maximum Gasteiger partial charge on any atom is 0.159 e. The van der Waals surface area contributed by atoms with Crippen molar-refractivity contribution in [1.29, 1.82) is 0 Å². The molecule has 0 aliphatic carbocycles. The van der Waals surface area contributed by atoms with Crippen LogP contribution in [0.4, 0.5) is 0 Å². The highest BCUT2D eigenvalue weighted by atomic mass is 16.3. The Morgan fingerprint density at radius 3 is 2.46 bits per heavy atom. The third-order valence-corrected chi connectivity index (χ3v) is 5.68. The van der Waals surface area contributed by atoms with Crippen LogP contribution in [0, 0.1) is 0 Å². The predicted molar refractivity (Wildman–Crippen MR) is 114 cm³/mol. The van der Waals surface area contributed by atoms with Crippen LogP contribution in [-0.2, 0) is 0 Å². The van der Waals surface area contributed by atoms with E-state index in [-0.39, 0.29) is 17.6 Å². The Hall–Kier alpha value is -2.43. The van der Waals surface area contributed by atoms with Gasteiger partial charge in [0, 0.05) is 37.3 Å². The van der Waals surface area contributed by atoms with E-state index in [1.54, 1.807) is 13.0 Å². The third-order valence-electron chi connectivity index (χ3n) is 5.68. The zero-order chi connectivity index (χ0) is 20.3. The minimum atomic E-state index is 0.0245. The van der Waals surface area contributed by atoms with Gasteiger partial charge in [0.25, 0.3) is 0 Å². The highest BCUT2D eigenvalue weighted by molar-refractivity contribution is 5.94. The first-order valence-corrected chi connectivity index (χ1v) is 9.91. The van der Waals surface area contributed by atoms with Crippen molar-refractivity contribution in [3.8, 4) is 5.75 Å². The van der Waals surface area contributed by atoms with E-state index >= 15 is 0 Å². The molecule has 148 valence electrons. The molecule has 2 aromatic carbocycles. The maximum absolute atomic E-state index is 11.7. The van der Waals surface area contributed by atoms with E-state index < -0.39 is 0 Å². The summed E-state index contributed by atoms with van der Waals surface area (Å²) in [7, 11) is 0. The smallest absolute Gasteiger partial charge is 0.159 e. The summed E-state index contributed by atoms with van der Waals surface area (Å²) in [6.07, 6.45) is 1.96. The number of phenols is 1. The van der Waals surface area contributed by atoms with Gasteiger partial charge in [0.15, 0.2) is 5.78 Å². The average Bonchev–Trinajstić information content (AvgIpc) is 2.66. The monoisotopic (exact) mass is 378 g/mol. The van der Waals surface area contributed by atoms with Crippen LogP contribution in [-0.4, -0.2) is 52.4 Å². The van der Waals surface area contributed by atoms with E-state index in [9.17, 15) is 9.90 Å². The first-order valence-electron chi connectivity index (χ1n) is 9.91. The molecule has 1 fully saturated rings. The number of phenolic OH excluding ortho intramolecular Hbond substituents is 1. The Morgan fingerprint density at radius 1 is 1.14 bits per heavy atom. The molecule has 1 aliphatic heterocycles. The van der Waals surface area contributed by atoms with Crippen molar-refractivity contribution in [1.82, 2.24) is 9.80 Å². The molecule has 1 aliphatic rings. The van der Waals surface area contributed by atoms with Gasteiger partial charge in [-0.1, -0.05) is 42.5 Å². The Bertz CT molecular complexity index is 831. The fourth-order valence-electron chi connectivity index (χ4n) is 4.18. The molecule has 0 bridgehead atoms. The molecule has 0 aromatic heterocycles. The predicted octanol–water partition coefficient (Wildman–Crippen LogP) is 4.26. The number of ketones is 1. The van der Waals surface area contributed by atoms with Gasteiger partial charge in [0.2, 0.25) is 0 Å². The summed E-state index contributed by atoms with van der Waals surface area (Å²) in [5.74, 6) is 0.342. The number of nitrogens with zero attached hydrogens (tertiary/aromatic N) is 2. The van der Waals surface area contributed by atoms with E-state index in [4.69, 9.17) is 0 Å². The highest BCUT2D eigenvalue weighted by Crippen LogP contribution is 2.34. The summed E-state index contributed by atoms with van der Waals surface area (Å²) in [4.78, 5) is 16.6. The molecule has 0 radical (unpaired) electrons. The van der Waals surface area contributed by atoms with Crippen molar-refractivity contribution in [2.45, 2.75) is 38.9 Å².